The zero-order valence-corrected chi connectivity index (χ0v) is 18.9. The van der Waals surface area contributed by atoms with Crippen LogP contribution in [0, 0.1) is 0 Å². The van der Waals surface area contributed by atoms with Crippen LogP contribution in [0.5, 0.6) is 11.5 Å². The number of benzene rings is 2. The van der Waals surface area contributed by atoms with Crippen molar-refractivity contribution in [1.82, 2.24) is 9.29 Å². The van der Waals surface area contributed by atoms with Gasteiger partial charge in [-0.05, 0) is 49.2 Å². The third-order valence-corrected chi connectivity index (χ3v) is 8.10. The van der Waals surface area contributed by atoms with Crippen LogP contribution in [0.1, 0.15) is 29.6 Å². The number of ether oxygens (including phenoxy) is 2. The van der Waals surface area contributed by atoms with Crippen LogP contribution in [0.3, 0.4) is 0 Å². The number of piperidine rings is 1. The number of sulfonamides is 1. The first kappa shape index (κ1) is 21.5. The third-order valence-electron chi connectivity index (χ3n) is 5.20. The number of carbonyl (C=O) groups excluding carboxylic acids is 1. The number of fused-ring (bicyclic) bond motifs is 1. The first-order valence-corrected chi connectivity index (χ1v) is 12.1. The maximum absolute atomic E-state index is 12.8. The minimum atomic E-state index is -3.53. The van der Waals surface area contributed by atoms with E-state index >= 15 is 0 Å². The van der Waals surface area contributed by atoms with Crippen LogP contribution in [0.15, 0.2) is 41.3 Å². The highest BCUT2D eigenvalue weighted by molar-refractivity contribution is 7.89. The summed E-state index contributed by atoms with van der Waals surface area (Å²) in [4.78, 5) is 17.3. The Balaban J connectivity index is 1.54. The number of aromatic nitrogens is 1. The highest BCUT2D eigenvalue weighted by atomic mass is 32.2. The lowest BCUT2D eigenvalue weighted by molar-refractivity contribution is 0.102. The molecule has 1 aliphatic heterocycles. The average molecular weight is 462 g/mol. The number of hydrogen-bond acceptors (Lipinski definition) is 7. The molecule has 164 valence electrons. The number of nitrogens with one attached hydrogen (secondary N) is 1. The van der Waals surface area contributed by atoms with Crippen LogP contribution in [-0.4, -0.2) is 50.9 Å². The quantitative estimate of drug-likeness (QED) is 0.601. The highest BCUT2D eigenvalue weighted by Gasteiger charge is 2.26. The molecule has 0 unspecified atom stereocenters. The number of hydrogen-bond donors (Lipinski definition) is 1. The van der Waals surface area contributed by atoms with Gasteiger partial charge in [0.05, 0.1) is 19.1 Å². The van der Waals surface area contributed by atoms with Crippen LogP contribution in [0.2, 0.25) is 0 Å². The third kappa shape index (κ3) is 4.23. The van der Waals surface area contributed by atoms with E-state index in [4.69, 9.17) is 9.47 Å². The molecule has 0 bridgehead atoms. The molecular weight excluding hydrogens is 438 g/mol. The van der Waals surface area contributed by atoms with E-state index in [2.05, 4.69) is 10.3 Å². The molecule has 10 heteroatoms. The molecule has 1 fully saturated rings. The molecule has 1 saturated heterocycles. The summed E-state index contributed by atoms with van der Waals surface area (Å²) < 4.78 is 38.5. The molecule has 1 amide bonds. The van der Waals surface area contributed by atoms with E-state index in [1.165, 1.54) is 39.9 Å². The number of anilines is 1. The van der Waals surface area contributed by atoms with E-state index in [1.54, 1.807) is 26.4 Å². The van der Waals surface area contributed by atoms with Gasteiger partial charge < -0.3 is 9.47 Å². The second-order valence-corrected chi connectivity index (χ2v) is 10.0. The highest BCUT2D eigenvalue weighted by Crippen LogP contribution is 2.38. The second-order valence-electron chi connectivity index (χ2n) is 7.11. The zero-order chi connectivity index (χ0) is 22.0. The Morgan fingerprint density at radius 1 is 1.00 bits per heavy atom. The Morgan fingerprint density at radius 3 is 2.29 bits per heavy atom. The van der Waals surface area contributed by atoms with Gasteiger partial charge in [-0.25, -0.2) is 13.4 Å². The topological polar surface area (TPSA) is 97.8 Å². The van der Waals surface area contributed by atoms with Gasteiger partial charge in [-0.2, -0.15) is 4.31 Å². The number of nitrogens with zero attached hydrogens (tertiary/aromatic N) is 2. The molecule has 0 saturated carbocycles. The van der Waals surface area contributed by atoms with Crippen molar-refractivity contribution >= 4 is 42.6 Å². The first-order chi connectivity index (χ1) is 14.9. The number of rotatable bonds is 6. The molecule has 0 atom stereocenters. The van der Waals surface area contributed by atoms with E-state index in [0.717, 1.165) is 24.0 Å². The molecule has 4 rings (SSSR count). The van der Waals surface area contributed by atoms with Crippen molar-refractivity contribution in [1.29, 1.82) is 0 Å². The van der Waals surface area contributed by atoms with Crippen LogP contribution in [-0.2, 0) is 10.0 Å². The lowest BCUT2D eigenvalue weighted by atomic mass is 10.2. The van der Waals surface area contributed by atoms with Crippen molar-refractivity contribution in [2.24, 2.45) is 0 Å². The smallest absolute Gasteiger partial charge is 0.257 e. The minimum Gasteiger partial charge on any atom is -0.495 e. The summed E-state index contributed by atoms with van der Waals surface area (Å²) in [5, 5.41) is 3.17. The Kier molecular flexibility index (Phi) is 6.12. The lowest BCUT2D eigenvalue weighted by Crippen LogP contribution is -2.35. The average Bonchev–Trinajstić information content (AvgIpc) is 3.22. The molecule has 1 N–H and O–H groups in total. The van der Waals surface area contributed by atoms with E-state index in [1.807, 2.05) is 0 Å². The van der Waals surface area contributed by atoms with Crippen molar-refractivity contribution in [2.75, 3.05) is 32.6 Å². The van der Waals surface area contributed by atoms with Crippen LogP contribution < -0.4 is 14.8 Å². The van der Waals surface area contributed by atoms with E-state index in [9.17, 15) is 13.2 Å². The summed E-state index contributed by atoms with van der Waals surface area (Å²) in [6.45, 7) is 1.07. The molecule has 1 aromatic heterocycles. The normalized spacial score (nSPS) is 15.0. The molecule has 3 aromatic rings. The molecule has 0 radical (unpaired) electrons. The number of carbonyl (C=O) groups is 1. The maximum Gasteiger partial charge on any atom is 0.257 e. The van der Waals surface area contributed by atoms with Gasteiger partial charge in [0.15, 0.2) is 5.13 Å². The van der Waals surface area contributed by atoms with Crippen LogP contribution in [0.25, 0.3) is 10.2 Å². The summed E-state index contributed by atoms with van der Waals surface area (Å²) in [6, 6.07) is 9.52. The minimum absolute atomic E-state index is 0.195. The maximum atomic E-state index is 12.8. The Morgan fingerprint density at radius 2 is 1.65 bits per heavy atom. The van der Waals surface area contributed by atoms with Crippen molar-refractivity contribution in [2.45, 2.75) is 24.2 Å². The summed E-state index contributed by atoms with van der Waals surface area (Å²) in [6.07, 6.45) is 2.80. The second kappa shape index (κ2) is 8.81. The fraction of sp³-hybridized carbons (Fsp3) is 0.333. The van der Waals surface area contributed by atoms with E-state index < -0.39 is 10.0 Å². The zero-order valence-electron chi connectivity index (χ0n) is 17.3. The summed E-state index contributed by atoms with van der Waals surface area (Å²) in [5.74, 6) is 0.847. The number of methoxy groups -OCH3 is 2. The molecule has 2 heterocycles. The largest absolute Gasteiger partial charge is 0.495 e. The van der Waals surface area contributed by atoms with Gasteiger partial charge in [-0.15, -0.1) is 0 Å². The van der Waals surface area contributed by atoms with Crippen molar-refractivity contribution < 1.29 is 22.7 Å². The van der Waals surface area contributed by atoms with Crippen LogP contribution in [0.4, 0.5) is 5.13 Å². The SMILES string of the molecule is COc1ccc(OC)c2sc(NC(=O)c3ccc(S(=O)(=O)N4CCCCC4)cc3)nc12. The predicted molar refractivity (Wildman–Crippen MR) is 120 cm³/mol. The summed E-state index contributed by atoms with van der Waals surface area (Å²) >= 11 is 1.28. The number of thiazole rings is 1. The van der Waals surface area contributed by atoms with Gasteiger partial charge in [0.1, 0.15) is 21.7 Å². The van der Waals surface area contributed by atoms with Gasteiger partial charge in [-0.3, -0.25) is 10.1 Å². The monoisotopic (exact) mass is 461 g/mol. The predicted octanol–water partition coefficient (Wildman–Crippen LogP) is 3.74. The summed E-state index contributed by atoms with van der Waals surface area (Å²) in [7, 11) is -0.410. The molecule has 0 spiro atoms. The fourth-order valence-corrected chi connectivity index (χ4v) is 6.03. The van der Waals surface area contributed by atoms with E-state index in [-0.39, 0.29) is 10.8 Å². The van der Waals surface area contributed by atoms with Crippen LogP contribution >= 0.6 is 11.3 Å². The number of amides is 1. The Hall–Kier alpha value is -2.69. The van der Waals surface area contributed by atoms with Gasteiger partial charge in [0.2, 0.25) is 10.0 Å². The lowest BCUT2D eigenvalue weighted by Gasteiger charge is -2.25. The molecule has 31 heavy (non-hydrogen) atoms. The van der Waals surface area contributed by atoms with Gasteiger partial charge >= 0.3 is 0 Å². The first-order valence-electron chi connectivity index (χ1n) is 9.87. The van der Waals surface area contributed by atoms with E-state index in [0.29, 0.717) is 40.8 Å². The Bertz CT molecular complexity index is 1160. The van der Waals surface area contributed by atoms with Gasteiger partial charge in [-0.1, -0.05) is 17.8 Å². The van der Waals surface area contributed by atoms with Gasteiger partial charge in [0, 0.05) is 18.7 Å². The van der Waals surface area contributed by atoms with Crippen molar-refractivity contribution in [3.8, 4) is 11.5 Å². The standard InChI is InChI=1S/C21H23N3O5S2/c1-28-16-10-11-17(29-2)19-18(16)22-21(30-19)23-20(25)14-6-8-15(9-7-14)31(26,27)24-12-4-3-5-13-24/h6-11H,3-5,12-13H2,1-2H3,(H,22,23,25). The molecule has 2 aromatic carbocycles. The van der Waals surface area contributed by atoms with Crippen molar-refractivity contribution in [3.63, 3.8) is 0 Å². The molecular formula is C21H23N3O5S2. The Labute approximate surface area is 184 Å². The summed E-state index contributed by atoms with van der Waals surface area (Å²) in [5.41, 5.74) is 0.945. The molecule has 8 nitrogen and oxygen atoms in total. The van der Waals surface area contributed by atoms with Gasteiger partial charge in [0.25, 0.3) is 5.91 Å². The molecule has 1 aliphatic rings. The molecule has 0 aliphatic carbocycles. The van der Waals surface area contributed by atoms with Crippen molar-refractivity contribution in [3.05, 3.63) is 42.0 Å². The fourth-order valence-electron chi connectivity index (χ4n) is 3.54.